The van der Waals surface area contributed by atoms with Crippen LogP contribution >= 0.6 is 33.2 Å². The maximum absolute atomic E-state index is 13.5. The van der Waals surface area contributed by atoms with Gasteiger partial charge in [-0.25, -0.2) is 22.8 Å². The third-order valence-corrected chi connectivity index (χ3v) is 11.4. The van der Waals surface area contributed by atoms with Gasteiger partial charge in [-0.1, -0.05) is 51.7 Å². The van der Waals surface area contributed by atoms with E-state index in [1.807, 2.05) is 28.5 Å². The zero-order chi connectivity index (χ0) is 30.2. The number of hydrogen-bond acceptors (Lipinski definition) is 9. The van der Waals surface area contributed by atoms with Crippen LogP contribution in [0.3, 0.4) is 0 Å². The Kier molecular flexibility index (Phi) is 10.8. The molecule has 3 aromatic carbocycles. The number of aromatic nitrogens is 2. The van der Waals surface area contributed by atoms with Gasteiger partial charge >= 0.3 is 0 Å². The Bertz CT molecular complexity index is 1670. The Balaban J connectivity index is 1.30. The molecule has 1 saturated heterocycles. The Morgan fingerprint density at radius 2 is 1.95 bits per heavy atom. The highest BCUT2D eigenvalue weighted by molar-refractivity contribution is 8.77. The molecule has 0 aliphatic carbocycles. The zero-order valence-corrected chi connectivity index (χ0v) is 26.7. The number of fused-ring (bicyclic) bond motifs is 1. The lowest BCUT2D eigenvalue weighted by molar-refractivity contribution is 0.306. The molecular weight excluding hydrogens is 631 g/mol. The minimum Gasteiger partial charge on any atom is -0.492 e. The van der Waals surface area contributed by atoms with E-state index in [1.165, 1.54) is 30.6 Å². The normalized spacial score (nSPS) is 15.0. The molecule has 0 saturated carbocycles. The van der Waals surface area contributed by atoms with E-state index in [2.05, 4.69) is 20.0 Å². The fourth-order valence-electron chi connectivity index (χ4n) is 4.61. The number of nitrogens with one attached hydrogen (secondary N) is 2. The lowest BCUT2D eigenvalue weighted by Gasteiger charge is -2.16. The van der Waals surface area contributed by atoms with E-state index < -0.39 is 10.0 Å². The molecule has 0 bridgehead atoms. The first kappa shape index (κ1) is 31.5. The summed E-state index contributed by atoms with van der Waals surface area (Å²) < 4.78 is 53.8. The lowest BCUT2D eigenvalue weighted by atomic mass is 10.2. The first-order chi connectivity index (χ1) is 20.8. The van der Waals surface area contributed by atoms with E-state index in [0.29, 0.717) is 68.5 Å². The standard InChI is InChI=1S/C30H32ClFN4O4S3/c1-2-39-29-17-26-24(16-27(29)36-43(37,38)13-4-3-8-23-11-12-41-42-23)30(34-19-33-26)35-22-9-10-28(25(31)15-22)40-18-20-6-5-7-21(32)14-20/h5-7,9-10,14-17,19,23,36H,2-4,8,11-13,18H2,1H3,(H,33,34,35). The average Bonchev–Trinajstić information content (AvgIpc) is 3.49. The fourth-order valence-corrected chi connectivity index (χ4v) is 9.05. The summed E-state index contributed by atoms with van der Waals surface area (Å²) in [4.78, 5) is 8.76. The van der Waals surface area contributed by atoms with Crippen molar-refractivity contribution in [2.75, 3.05) is 28.2 Å². The lowest BCUT2D eigenvalue weighted by Crippen LogP contribution is -2.18. The molecule has 1 atom stereocenters. The largest absolute Gasteiger partial charge is 0.492 e. The summed E-state index contributed by atoms with van der Waals surface area (Å²) in [5.41, 5.74) is 2.23. The fraction of sp³-hybridized carbons (Fsp3) is 0.333. The van der Waals surface area contributed by atoms with Gasteiger partial charge in [-0.05, 0) is 68.1 Å². The number of ether oxygens (including phenoxy) is 2. The molecule has 43 heavy (non-hydrogen) atoms. The van der Waals surface area contributed by atoms with Crippen molar-refractivity contribution in [1.29, 1.82) is 0 Å². The predicted octanol–water partition coefficient (Wildman–Crippen LogP) is 8.21. The topological polar surface area (TPSA) is 102 Å². The summed E-state index contributed by atoms with van der Waals surface area (Å²) >= 11 is 6.49. The highest BCUT2D eigenvalue weighted by Gasteiger charge is 2.19. The van der Waals surface area contributed by atoms with Gasteiger partial charge in [0.1, 0.15) is 36.1 Å². The minimum absolute atomic E-state index is 0.0314. The van der Waals surface area contributed by atoms with Gasteiger partial charge < -0.3 is 14.8 Å². The quantitative estimate of drug-likeness (QED) is 0.102. The van der Waals surface area contributed by atoms with E-state index in [1.54, 1.807) is 42.5 Å². The summed E-state index contributed by atoms with van der Waals surface area (Å²) in [6.45, 7) is 2.37. The van der Waals surface area contributed by atoms with Crippen molar-refractivity contribution in [3.63, 3.8) is 0 Å². The minimum atomic E-state index is -3.61. The van der Waals surface area contributed by atoms with Crippen LogP contribution in [0.25, 0.3) is 10.9 Å². The third-order valence-electron chi connectivity index (χ3n) is 6.70. The highest BCUT2D eigenvalue weighted by Crippen LogP contribution is 2.40. The molecule has 1 aliphatic heterocycles. The van der Waals surface area contributed by atoms with Gasteiger partial charge in [0.25, 0.3) is 0 Å². The molecule has 5 rings (SSSR count). The molecule has 2 heterocycles. The number of sulfonamides is 1. The average molecular weight is 663 g/mol. The van der Waals surface area contributed by atoms with Crippen molar-refractivity contribution >= 4 is 71.3 Å². The molecule has 1 unspecified atom stereocenters. The highest BCUT2D eigenvalue weighted by atomic mass is 35.5. The van der Waals surface area contributed by atoms with Crippen LogP contribution < -0.4 is 19.5 Å². The molecule has 0 amide bonds. The molecule has 4 aromatic rings. The van der Waals surface area contributed by atoms with Crippen LogP contribution in [0.5, 0.6) is 11.5 Å². The monoisotopic (exact) mass is 662 g/mol. The summed E-state index contributed by atoms with van der Waals surface area (Å²) in [5.74, 6) is 2.17. The van der Waals surface area contributed by atoms with Crippen LogP contribution in [0.1, 0.15) is 38.2 Å². The summed E-state index contributed by atoms with van der Waals surface area (Å²) in [7, 11) is 0.196. The zero-order valence-electron chi connectivity index (χ0n) is 23.5. The van der Waals surface area contributed by atoms with Crippen LogP contribution in [0, 0.1) is 5.82 Å². The smallest absolute Gasteiger partial charge is 0.232 e. The second kappa shape index (κ2) is 14.7. The van der Waals surface area contributed by atoms with Crippen LogP contribution in [0.4, 0.5) is 21.6 Å². The van der Waals surface area contributed by atoms with Gasteiger partial charge in [0.05, 0.1) is 28.6 Å². The van der Waals surface area contributed by atoms with Crippen LogP contribution in [0.2, 0.25) is 5.02 Å². The van der Waals surface area contributed by atoms with E-state index >= 15 is 0 Å². The van der Waals surface area contributed by atoms with Gasteiger partial charge in [0.2, 0.25) is 10.0 Å². The maximum Gasteiger partial charge on any atom is 0.232 e. The van der Waals surface area contributed by atoms with Crippen molar-refractivity contribution < 1.29 is 22.3 Å². The number of anilines is 3. The number of unbranched alkanes of at least 4 members (excludes halogenated alkanes) is 1. The maximum atomic E-state index is 13.5. The molecule has 1 fully saturated rings. The van der Waals surface area contributed by atoms with Crippen molar-refractivity contribution in [1.82, 2.24) is 9.97 Å². The van der Waals surface area contributed by atoms with Crippen LogP contribution in [-0.4, -0.2) is 41.7 Å². The Hall–Kier alpha value is -2.93. The van der Waals surface area contributed by atoms with Gasteiger partial charge in [-0.3, -0.25) is 4.72 Å². The number of halogens is 2. The van der Waals surface area contributed by atoms with Crippen LogP contribution in [0.15, 0.2) is 60.9 Å². The first-order valence-electron chi connectivity index (χ1n) is 13.9. The molecule has 0 radical (unpaired) electrons. The second-order valence-corrected chi connectivity index (χ2v) is 15.0. The summed E-state index contributed by atoms with van der Waals surface area (Å²) in [6, 6.07) is 14.8. The molecule has 1 aromatic heterocycles. The van der Waals surface area contributed by atoms with Gasteiger partial charge in [0, 0.05) is 28.1 Å². The van der Waals surface area contributed by atoms with Crippen molar-refractivity contribution in [3.8, 4) is 11.5 Å². The Morgan fingerprint density at radius 1 is 1.07 bits per heavy atom. The SMILES string of the molecule is CCOc1cc2ncnc(Nc3ccc(OCc4cccc(F)c4)c(Cl)c3)c2cc1NS(=O)(=O)CCCCC1CCSS1. The molecule has 13 heteroatoms. The van der Waals surface area contributed by atoms with Gasteiger partial charge in [0.15, 0.2) is 0 Å². The second-order valence-electron chi connectivity index (χ2n) is 9.96. The van der Waals surface area contributed by atoms with E-state index in [-0.39, 0.29) is 18.2 Å². The predicted molar refractivity (Wildman–Crippen MR) is 176 cm³/mol. The van der Waals surface area contributed by atoms with Crippen molar-refractivity contribution in [2.24, 2.45) is 0 Å². The van der Waals surface area contributed by atoms with Gasteiger partial charge in [-0.2, -0.15) is 0 Å². The number of hydrogen-bond donors (Lipinski definition) is 2. The number of benzene rings is 3. The van der Waals surface area contributed by atoms with Crippen LogP contribution in [-0.2, 0) is 16.6 Å². The Morgan fingerprint density at radius 3 is 2.72 bits per heavy atom. The summed E-state index contributed by atoms with van der Waals surface area (Å²) in [5, 5.41) is 4.82. The van der Waals surface area contributed by atoms with E-state index in [4.69, 9.17) is 21.1 Å². The summed E-state index contributed by atoms with van der Waals surface area (Å²) in [6.07, 6.45) is 5.10. The molecular formula is C30H32ClFN4O4S3. The van der Waals surface area contributed by atoms with Crippen molar-refractivity contribution in [3.05, 3.63) is 77.3 Å². The first-order valence-corrected chi connectivity index (χ1v) is 18.3. The van der Waals surface area contributed by atoms with Gasteiger partial charge in [-0.15, -0.1) is 0 Å². The third kappa shape index (κ3) is 8.81. The molecule has 2 N–H and O–H groups in total. The Labute approximate surface area is 264 Å². The molecule has 228 valence electrons. The van der Waals surface area contributed by atoms with E-state index in [9.17, 15) is 12.8 Å². The molecule has 1 aliphatic rings. The van der Waals surface area contributed by atoms with Crippen molar-refractivity contribution in [2.45, 2.75) is 44.5 Å². The molecule has 0 spiro atoms. The van der Waals surface area contributed by atoms with E-state index in [0.717, 1.165) is 12.8 Å². The number of nitrogens with zero attached hydrogens (tertiary/aromatic N) is 2. The number of rotatable bonds is 14. The molecule has 8 nitrogen and oxygen atoms in total.